The van der Waals surface area contributed by atoms with Gasteiger partial charge in [0.15, 0.2) is 0 Å². The number of nitrogens with two attached hydrogens (primary N) is 2. The van der Waals surface area contributed by atoms with Crippen molar-refractivity contribution >= 4 is 23.7 Å². The van der Waals surface area contributed by atoms with Crippen LogP contribution in [0.3, 0.4) is 0 Å². The molecule has 1 amide bonds. The third-order valence-electron chi connectivity index (χ3n) is 1.11. The zero-order chi connectivity index (χ0) is 10.6. The lowest BCUT2D eigenvalue weighted by molar-refractivity contribution is -0.115. The molecule has 0 radical (unpaired) electrons. The van der Waals surface area contributed by atoms with Crippen molar-refractivity contribution in [2.45, 2.75) is 12.1 Å². The van der Waals surface area contributed by atoms with E-state index in [9.17, 15) is 4.79 Å². The van der Waals surface area contributed by atoms with Gasteiger partial charge in [-0.1, -0.05) is 11.8 Å². The number of hydrogen-bond donors (Lipinski definition) is 2. The smallest absolute Gasteiger partial charge is 0.277 e. The first kappa shape index (κ1) is 10.6. The van der Waals surface area contributed by atoms with Crippen molar-refractivity contribution in [1.29, 1.82) is 0 Å². The normalized spacial score (nSPS) is 11.6. The summed E-state index contributed by atoms with van der Waals surface area (Å²) in [5.74, 6) is 0.00437. The van der Waals surface area contributed by atoms with Crippen LogP contribution in [0.2, 0.25) is 0 Å². The van der Waals surface area contributed by atoms with E-state index in [0.29, 0.717) is 16.8 Å². The first-order chi connectivity index (χ1) is 6.58. The minimum Gasteiger partial charge on any atom is -0.412 e. The molecule has 1 aromatic rings. The van der Waals surface area contributed by atoms with Gasteiger partial charge in [0.1, 0.15) is 0 Å². The second-order valence-corrected chi connectivity index (χ2v) is 3.48. The Morgan fingerprint density at radius 2 is 2.29 bits per heavy atom. The molecule has 0 aliphatic carbocycles. The molecule has 1 rings (SSSR count). The second-order valence-electron chi connectivity index (χ2n) is 2.55. The highest BCUT2D eigenvalue weighted by atomic mass is 32.2. The third-order valence-corrected chi connectivity index (χ3v) is 1.95. The summed E-state index contributed by atoms with van der Waals surface area (Å²) in [7, 11) is 0. The van der Waals surface area contributed by atoms with Crippen LogP contribution in [0.15, 0.2) is 15.3 Å². The highest BCUT2D eigenvalue weighted by Gasteiger charge is 2.05. The maximum atomic E-state index is 10.4. The molecule has 14 heavy (non-hydrogen) atoms. The van der Waals surface area contributed by atoms with E-state index < -0.39 is 5.91 Å². The van der Waals surface area contributed by atoms with Gasteiger partial charge in [-0.3, -0.25) is 4.79 Å². The van der Waals surface area contributed by atoms with Gasteiger partial charge in [0.2, 0.25) is 11.8 Å². The van der Waals surface area contributed by atoms with Crippen LogP contribution in [0.25, 0.3) is 6.08 Å². The Morgan fingerprint density at radius 3 is 2.86 bits per heavy atom. The Kier molecular flexibility index (Phi) is 3.52. The first-order valence-electron chi connectivity index (χ1n) is 3.76. The molecule has 7 heteroatoms. The molecule has 0 spiro atoms. The number of primary amides is 1. The van der Waals surface area contributed by atoms with Crippen molar-refractivity contribution in [2.75, 3.05) is 5.75 Å². The standard InChI is InChI=1S/C7H10N4O2S/c1-4(8)2-6-10-11-7(13-6)14-3-5(9)12/h2H,3,8H2,1H3,(H2,9,12). The number of amides is 1. The van der Waals surface area contributed by atoms with Crippen LogP contribution >= 0.6 is 11.8 Å². The summed E-state index contributed by atoms with van der Waals surface area (Å²) < 4.78 is 5.12. The number of carbonyl (C=O) groups excluding carboxylic acids is 1. The Morgan fingerprint density at radius 1 is 1.57 bits per heavy atom. The van der Waals surface area contributed by atoms with Crippen molar-refractivity contribution in [3.8, 4) is 0 Å². The lowest BCUT2D eigenvalue weighted by atomic mass is 10.4. The van der Waals surface area contributed by atoms with Gasteiger partial charge in [-0.15, -0.1) is 10.2 Å². The summed E-state index contributed by atoms with van der Waals surface area (Å²) in [6.45, 7) is 1.71. The molecule has 0 aliphatic rings. The average Bonchev–Trinajstić information content (AvgIpc) is 2.47. The fraction of sp³-hybridized carbons (Fsp3) is 0.286. The number of carbonyl (C=O) groups is 1. The number of hydrogen-bond acceptors (Lipinski definition) is 6. The van der Waals surface area contributed by atoms with E-state index in [4.69, 9.17) is 15.9 Å². The zero-order valence-electron chi connectivity index (χ0n) is 7.56. The largest absolute Gasteiger partial charge is 0.412 e. The Labute approximate surface area is 84.7 Å². The molecule has 0 fully saturated rings. The average molecular weight is 214 g/mol. The van der Waals surface area contributed by atoms with Gasteiger partial charge >= 0.3 is 0 Å². The van der Waals surface area contributed by atoms with E-state index in [-0.39, 0.29) is 5.75 Å². The minimum atomic E-state index is -0.430. The van der Waals surface area contributed by atoms with Crippen molar-refractivity contribution < 1.29 is 9.21 Å². The number of thioether (sulfide) groups is 1. The van der Waals surface area contributed by atoms with Gasteiger partial charge in [0.05, 0.1) is 5.75 Å². The molecule has 0 saturated carbocycles. The predicted octanol–water partition coefficient (Wildman–Crippen LogP) is -0.0335. The Balaban J connectivity index is 2.59. The van der Waals surface area contributed by atoms with E-state index in [1.165, 1.54) is 0 Å². The number of nitrogens with zero attached hydrogens (tertiary/aromatic N) is 2. The van der Waals surface area contributed by atoms with Crippen molar-refractivity contribution in [1.82, 2.24) is 10.2 Å². The summed E-state index contributed by atoms with van der Waals surface area (Å²) in [6, 6.07) is 0. The Hall–Kier alpha value is -1.50. The second kappa shape index (κ2) is 4.66. The van der Waals surface area contributed by atoms with E-state index in [1.807, 2.05) is 0 Å². The van der Waals surface area contributed by atoms with Crippen LogP contribution in [0.1, 0.15) is 12.8 Å². The van der Waals surface area contributed by atoms with E-state index in [0.717, 1.165) is 11.8 Å². The summed E-state index contributed by atoms with van der Waals surface area (Å²) >= 11 is 1.09. The molecule has 6 nitrogen and oxygen atoms in total. The molecule has 0 aromatic carbocycles. The number of allylic oxidation sites excluding steroid dienone is 1. The Bertz CT molecular complexity index is 356. The van der Waals surface area contributed by atoms with Crippen molar-refractivity contribution in [2.24, 2.45) is 11.5 Å². The van der Waals surface area contributed by atoms with Gasteiger partial charge in [-0.2, -0.15) is 0 Å². The van der Waals surface area contributed by atoms with Gasteiger partial charge in [0, 0.05) is 11.8 Å². The highest BCUT2D eigenvalue weighted by molar-refractivity contribution is 7.99. The predicted molar refractivity (Wildman–Crippen MR) is 52.1 cm³/mol. The van der Waals surface area contributed by atoms with Gasteiger partial charge in [-0.05, 0) is 6.92 Å². The highest BCUT2D eigenvalue weighted by Crippen LogP contribution is 2.16. The summed E-state index contributed by atoms with van der Waals surface area (Å²) in [5.41, 5.74) is 10.9. The number of rotatable bonds is 4. The van der Waals surface area contributed by atoms with Crippen molar-refractivity contribution in [3.63, 3.8) is 0 Å². The molecule has 0 atom stereocenters. The van der Waals surface area contributed by atoms with Gasteiger partial charge in [0.25, 0.3) is 5.22 Å². The molecule has 0 bridgehead atoms. The van der Waals surface area contributed by atoms with Crippen LogP contribution in [-0.4, -0.2) is 21.9 Å². The van der Waals surface area contributed by atoms with Crippen LogP contribution < -0.4 is 11.5 Å². The third kappa shape index (κ3) is 3.48. The van der Waals surface area contributed by atoms with E-state index in [2.05, 4.69) is 10.2 Å². The minimum absolute atomic E-state index is 0.118. The fourth-order valence-corrected chi connectivity index (χ4v) is 1.17. The SMILES string of the molecule is CC(N)=Cc1nnc(SCC(N)=O)o1. The summed E-state index contributed by atoms with van der Waals surface area (Å²) in [5, 5.41) is 7.67. The lowest BCUT2D eigenvalue weighted by Gasteiger charge is -1.89. The van der Waals surface area contributed by atoms with Crippen LogP contribution in [0.5, 0.6) is 0 Å². The first-order valence-corrected chi connectivity index (χ1v) is 4.75. The quantitative estimate of drug-likeness (QED) is 0.681. The van der Waals surface area contributed by atoms with Crippen LogP contribution in [0, 0.1) is 0 Å². The van der Waals surface area contributed by atoms with Crippen molar-refractivity contribution in [3.05, 3.63) is 11.6 Å². The molecule has 76 valence electrons. The molecule has 0 saturated heterocycles. The molecule has 4 N–H and O–H groups in total. The molecular weight excluding hydrogens is 204 g/mol. The monoisotopic (exact) mass is 214 g/mol. The van der Waals surface area contributed by atoms with Crippen LogP contribution in [-0.2, 0) is 4.79 Å². The molecule has 0 unspecified atom stereocenters. The molecule has 1 aromatic heterocycles. The fourth-order valence-electron chi connectivity index (χ4n) is 0.665. The maximum Gasteiger partial charge on any atom is 0.277 e. The molecule has 1 heterocycles. The molecular formula is C7H10N4O2S. The van der Waals surface area contributed by atoms with E-state index >= 15 is 0 Å². The van der Waals surface area contributed by atoms with E-state index in [1.54, 1.807) is 13.0 Å². The molecule has 0 aliphatic heterocycles. The van der Waals surface area contributed by atoms with Gasteiger partial charge in [-0.25, -0.2) is 0 Å². The van der Waals surface area contributed by atoms with Gasteiger partial charge < -0.3 is 15.9 Å². The topological polar surface area (TPSA) is 108 Å². The summed E-state index contributed by atoms with van der Waals surface area (Å²) in [6.07, 6.45) is 1.54. The zero-order valence-corrected chi connectivity index (χ0v) is 8.37. The summed E-state index contributed by atoms with van der Waals surface area (Å²) in [4.78, 5) is 10.4. The van der Waals surface area contributed by atoms with Crippen LogP contribution in [0.4, 0.5) is 0 Å². The number of aromatic nitrogens is 2. The lowest BCUT2D eigenvalue weighted by Crippen LogP contribution is -2.12. The maximum absolute atomic E-state index is 10.4.